The van der Waals surface area contributed by atoms with Crippen LogP contribution in [-0.4, -0.2) is 43.8 Å². The number of nitrogens with one attached hydrogen (secondary N) is 1. The van der Waals surface area contributed by atoms with E-state index in [0.29, 0.717) is 0 Å². The van der Waals surface area contributed by atoms with E-state index in [1.807, 2.05) is 0 Å². The fraction of sp³-hybridized carbons (Fsp3) is 0.818. The third kappa shape index (κ3) is 3.17. The van der Waals surface area contributed by atoms with Crippen molar-refractivity contribution in [3.8, 4) is 0 Å². The predicted octanol–water partition coefficient (Wildman–Crippen LogP) is -0.987. The van der Waals surface area contributed by atoms with Crippen molar-refractivity contribution in [2.24, 2.45) is 17.1 Å². The average molecular weight is 244 g/mol. The third-order valence-electron chi connectivity index (χ3n) is 3.22. The number of aliphatic hydroxyl groups is 1. The van der Waals surface area contributed by atoms with Gasteiger partial charge in [-0.05, 0) is 18.8 Å². The molecule has 0 aromatic heterocycles. The maximum Gasteiger partial charge on any atom is 0.313 e. The van der Waals surface area contributed by atoms with Crippen LogP contribution >= 0.6 is 0 Å². The molecule has 98 valence electrons. The smallest absolute Gasteiger partial charge is 0.313 e. The van der Waals surface area contributed by atoms with Gasteiger partial charge in [-0.15, -0.1) is 0 Å². The minimum atomic E-state index is -0.895. The quantitative estimate of drug-likeness (QED) is 0.499. The monoisotopic (exact) mass is 244 g/mol. The molecule has 4 N–H and O–H groups in total. The van der Waals surface area contributed by atoms with Gasteiger partial charge in [-0.25, -0.2) is 0 Å². The molecule has 6 nitrogen and oxygen atoms in total. The van der Waals surface area contributed by atoms with Gasteiger partial charge in [-0.3, -0.25) is 9.59 Å². The van der Waals surface area contributed by atoms with Crippen LogP contribution in [0.15, 0.2) is 0 Å². The number of esters is 1. The number of aliphatic hydroxyl groups excluding tert-OH is 1. The zero-order valence-electron chi connectivity index (χ0n) is 10.1. The van der Waals surface area contributed by atoms with Crippen LogP contribution in [0.2, 0.25) is 0 Å². The number of hydrogen-bond acceptors (Lipinski definition) is 5. The van der Waals surface area contributed by atoms with E-state index < -0.39 is 11.4 Å². The molecule has 0 aromatic carbocycles. The average Bonchev–Trinajstić information content (AvgIpc) is 3.16. The van der Waals surface area contributed by atoms with E-state index in [4.69, 9.17) is 15.6 Å². The molecule has 6 heteroatoms. The Bertz CT molecular complexity index is 291. The number of carbonyl (C=O) groups is 2. The molecule has 1 fully saturated rings. The molecule has 1 unspecified atom stereocenters. The fourth-order valence-electron chi connectivity index (χ4n) is 2.09. The molecule has 17 heavy (non-hydrogen) atoms. The summed E-state index contributed by atoms with van der Waals surface area (Å²) in [5, 5.41) is 11.1. The Morgan fingerprint density at radius 1 is 1.53 bits per heavy atom. The van der Waals surface area contributed by atoms with Crippen LogP contribution in [0.5, 0.6) is 0 Å². The van der Waals surface area contributed by atoms with Gasteiger partial charge in [0.15, 0.2) is 0 Å². The Morgan fingerprint density at radius 3 is 2.59 bits per heavy atom. The highest BCUT2D eigenvalue weighted by atomic mass is 16.5. The van der Waals surface area contributed by atoms with Gasteiger partial charge in [-0.2, -0.15) is 0 Å². The fourth-order valence-corrected chi connectivity index (χ4v) is 2.09. The molecule has 0 heterocycles. The van der Waals surface area contributed by atoms with Gasteiger partial charge >= 0.3 is 5.97 Å². The molecule has 0 radical (unpaired) electrons. The van der Waals surface area contributed by atoms with Crippen LogP contribution in [-0.2, 0) is 14.3 Å². The first-order chi connectivity index (χ1) is 8.10. The summed E-state index contributed by atoms with van der Waals surface area (Å²) in [4.78, 5) is 23.5. The minimum absolute atomic E-state index is 0.0286. The lowest BCUT2D eigenvalue weighted by molar-refractivity contribution is -0.156. The van der Waals surface area contributed by atoms with E-state index in [0.717, 1.165) is 12.8 Å². The second-order valence-electron chi connectivity index (χ2n) is 4.38. The van der Waals surface area contributed by atoms with Gasteiger partial charge in [0, 0.05) is 19.5 Å². The number of carbonyl (C=O) groups excluding carboxylic acids is 2. The van der Waals surface area contributed by atoms with Crippen molar-refractivity contribution in [1.29, 1.82) is 0 Å². The third-order valence-corrected chi connectivity index (χ3v) is 3.22. The Morgan fingerprint density at radius 2 is 2.18 bits per heavy atom. The van der Waals surface area contributed by atoms with E-state index >= 15 is 0 Å². The lowest BCUT2D eigenvalue weighted by atomic mass is 9.79. The van der Waals surface area contributed by atoms with Gasteiger partial charge in [0.25, 0.3) is 0 Å². The summed E-state index contributed by atoms with van der Waals surface area (Å²) in [6.07, 6.45) is 1.83. The van der Waals surface area contributed by atoms with E-state index in [2.05, 4.69) is 5.32 Å². The summed E-state index contributed by atoms with van der Waals surface area (Å²) in [6, 6.07) is 0. The van der Waals surface area contributed by atoms with Crippen molar-refractivity contribution < 1.29 is 19.4 Å². The molecule has 0 saturated heterocycles. The zero-order chi connectivity index (χ0) is 12.9. The van der Waals surface area contributed by atoms with Crippen molar-refractivity contribution in [1.82, 2.24) is 5.32 Å². The number of rotatable bonds is 7. The van der Waals surface area contributed by atoms with Crippen LogP contribution in [0.1, 0.15) is 19.3 Å². The van der Waals surface area contributed by atoms with Gasteiger partial charge < -0.3 is 20.9 Å². The normalized spacial score (nSPS) is 18.3. The van der Waals surface area contributed by atoms with E-state index in [1.165, 1.54) is 7.11 Å². The summed E-state index contributed by atoms with van der Waals surface area (Å²) < 4.78 is 4.76. The molecule has 0 bridgehead atoms. The van der Waals surface area contributed by atoms with Crippen LogP contribution < -0.4 is 11.1 Å². The number of methoxy groups -OCH3 is 1. The lowest BCUT2D eigenvalue weighted by Crippen LogP contribution is -2.45. The minimum Gasteiger partial charge on any atom is -0.469 e. The van der Waals surface area contributed by atoms with E-state index in [-0.39, 0.29) is 37.9 Å². The topological polar surface area (TPSA) is 102 Å². The highest BCUT2D eigenvalue weighted by molar-refractivity contribution is 5.86. The van der Waals surface area contributed by atoms with Crippen molar-refractivity contribution in [3.63, 3.8) is 0 Å². The first kappa shape index (κ1) is 13.9. The van der Waals surface area contributed by atoms with Gasteiger partial charge in [0.2, 0.25) is 5.91 Å². The maximum absolute atomic E-state index is 11.8. The molecule has 1 aliphatic carbocycles. The van der Waals surface area contributed by atoms with Gasteiger partial charge in [0.1, 0.15) is 0 Å². The number of nitrogens with two attached hydrogens (primary N) is 1. The Labute approximate surface area is 101 Å². The highest BCUT2D eigenvalue weighted by Crippen LogP contribution is 2.48. The summed E-state index contributed by atoms with van der Waals surface area (Å²) in [6.45, 7) is 0.172. The number of amides is 1. The molecule has 0 aromatic rings. The van der Waals surface area contributed by atoms with E-state index in [9.17, 15) is 9.59 Å². The Kier molecular flexibility index (Phi) is 4.89. The molecular formula is C11H20N2O4. The first-order valence-corrected chi connectivity index (χ1v) is 5.76. The highest BCUT2D eigenvalue weighted by Gasteiger charge is 2.52. The first-order valence-electron chi connectivity index (χ1n) is 5.76. The van der Waals surface area contributed by atoms with Crippen LogP contribution in [0, 0.1) is 11.3 Å². The van der Waals surface area contributed by atoms with Gasteiger partial charge in [-0.1, -0.05) is 0 Å². The summed E-state index contributed by atoms with van der Waals surface area (Å²) in [5.74, 6) is -0.553. The predicted molar refractivity (Wildman–Crippen MR) is 60.9 cm³/mol. The molecule has 1 rings (SSSR count). The van der Waals surface area contributed by atoms with Crippen LogP contribution in [0.25, 0.3) is 0 Å². The largest absolute Gasteiger partial charge is 0.469 e. The van der Waals surface area contributed by atoms with Crippen molar-refractivity contribution in [2.75, 3.05) is 26.8 Å². The lowest BCUT2D eigenvalue weighted by Gasteiger charge is -2.28. The molecule has 1 amide bonds. The molecular weight excluding hydrogens is 224 g/mol. The zero-order valence-corrected chi connectivity index (χ0v) is 10.1. The summed E-state index contributed by atoms with van der Waals surface area (Å²) in [7, 11) is 1.31. The number of hydrogen-bond donors (Lipinski definition) is 3. The van der Waals surface area contributed by atoms with E-state index in [1.54, 1.807) is 0 Å². The maximum atomic E-state index is 11.8. The molecule has 1 saturated carbocycles. The molecule has 0 spiro atoms. The Balaban J connectivity index is 2.69. The number of ether oxygens (including phenoxy) is 1. The molecule has 0 aliphatic heterocycles. The summed E-state index contributed by atoms with van der Waals surface area (Å²) >= 11 is 0. The van der Waals surface area contributed by atoms with Crippen LogP contribution in [0.4, 0.5) is 0 Å². The molecule has 1 aliphatic rings. The second-order valence-corrected chi connectivity index (χ2v) is 4.38. The SMILES string of the molecule is COC(=O)C(CN)(CC(=O)NCCO)C1CC1. The van der Waals surface area contributed by atoms with Crippen LogP contribution in [0.3, 0.4) is 0 Å². The van der Waals surface area contributed by atoms with Gasteiger partial charge in [0.05, 0.1) is 19.1 Å². The second kappa shape index (κ2) is 5.97. The Hall–Kier alpha value is -1.14. The van der Waals surface area contributed by atoms with Crippen molar-refractivity contribution >= 4 is 11.9 Å². The van der Waals surface area contributed by atoms with Crippen molar-refractivity contribution in [3.05, 3.63) is 0 Å². The summed E-state index contributed by atoms with van der Waals surface area (Å²) in [5.41, 5.74) is 4.78. The molecule has 1 atom stereocenters. The van der Waals surface area contributed by atoms with Crippen molar-refractivity contribution in [2.45, 2.75) is 19.3 Å². The standard InChI is InChI=1S/C11H20N2O4/c1-17-10(16)11(7-12,8-2-3-8)6-9(15)13-4-5-14/h8,14H,2-7,12H2,1H3,(H,13,15).